The maximum Gasteiger partial charge on any atom is 0.178 e. The molecule has 1 saturated heterocycles. The van der Waals surface area contributed by atoms with Crippen molar-refractivity contribution in [3.63, 3.8) is 0 Å². The molecule has 54 heavy (non-hydrogen) atoms. The molecule has 7 aromatic rings. The van der Waals surface area contributed by atoms with Gasteiger partial charge in [-0.2, -0.15) is 0 Å². The van der Waals surface area contributed by atoms with Gasteiger partial charge < -0.3 is 14.4 Å². The zero-order chi connectivity index (χ0) is 36.4. The van der Waals surface area contributed by atoms with E-state index in [2.05, 4.69) is 172 Å². The van der Waals surface area contributed by atoms with Gasteiger partial charge in [-0.3, -0.25) is 0 Å². The van der Waals surface area contributed by atoms with Crippen molar-refractivity contribution in [2.24, 2.45) is 0 Å². The van der Waals surface area contributed by atoms with Crippen LogP contribution in [0, 0.1) is 0 Å². The van der Waals surface area contributed by atoms with Gasteiger partial charge in [0, 0.05) is 51.7 Å². The van der Waals surface area contributed by atoms with Gasteiger partial charge in [-0.1, -0.05) is 143 Å². The van der Waals surface area contributed by atoms with E-state index < -0.39 is 5.60 Å². The highest BCUT2D eigenvalue weighted by molar-refractivity contribution is 6.08. The Morgan fingerprint density at radius 1 is 0.556 bits per heavy atom. The quantitative estimate of drug-likeness (QED) is 0.183. The number of morpholine rings is 1. The standard InChI is InChI=1S/C51H43NO2/c1-49(2)43-16-10-9-15-41(43)45-38-13-7-8-14-40(38)48-42(47(45)49)25-26-51(54-48,33-18-21-35(22-19-33)52-27-29-53-30-28-52)34-20-24-37-39-23-17-32-11-5-6-12-36(32)46(39)50(3,4)44(37)31-34/h5-26,31H,27-30H2,1-4H3. The van der Waals surface area contributed by atoms with Crippen LogP contribution in [0.15, 0.2) is 133 Å². The molecule has 0 spiro atoms. The van der Waals surface area contributed by atoms with E-state index >= 15 is 0 Å². The van der Waals surface area contributed by atoms with E-state index in [9.17, 15) is 0 Å². The monoisotopic (exact) mass is 701 g/mol. The second-order valence-electron chi connectivity index (χ2n) is 16.6. The van der Waals surface area contributed by atoms with Crippen LogP contribution in [-0.2, 0) is 21.2 Å². The molecule has 3 nitrogen and oxygen atoms in total. The minimum atomic E-state index is -0.856. The number of hydrogen-bond donors (Lipinski definition) is 0. The van der Waals surface area contributed by atoms with Crippen LogP contribution < -0.4 is 9.64 Å². The summed E-state index contributed by atoms with van der Waals surface area (Å²) in [5.74, 6) is 0.957. The molecule has 0 N–H and O–H groups in total. The fourth-order valence-electron chi connectivity index (χ4n) is 10.5. The topological polar surface area (TPSA) is 21.7 Å². The molecule has 0 bridgehead atoms. The minimum Gasteiger partial charge on any atom is -0.472 e. The van der Waals surface area contributed by atoms with Crippen LogP contribution in [0.4, 0.5) is 5.69 Å². The number of anilines is 1. The molecule has 264 valence electrons. The second-order valence-corrected chi connectivity index (χ2v) is 16.6. The summed E-state index contributed by atoms with van der Waals surface area (Å²) in [4.78, 5) is 2.42. The lowest BCUT2D eigenvalue weighted by Crippen LogP contribution is -2.37. The lowest BCUT2D eigenvalue weighted by Gasteiger charge is -2.39. The third kappa shape index (κ3) is 4.22. The van der Waals surface area contributed by atoms with Crippen molar-refractivity contribution < 1.29 is 9.47 Å². The molecule has 1 fully saturated rings. The Morgan fingerprint density at radius 2 is 1.22 bits per heavy atom. The summed E-state index contributed by atoms with van der Waals surface area (Å²) in [6.07, 6.45) is 4.73. The Bertz CT molecular complexity index is 2730. The van der Waals surface area contributed by atoms with Crippen molar-refractivity contribution in [2.45, 2.75) is 44.1 Å². The van der Waals surface area contributed by atoms with Crippen LogP contribution in [0.5, 0.6) is 5.75 Å². The summed E-state index contributed by atoms with van der Waals surface area (Å²) < 4.78 is 13.4. The zero-order valence-electron chi connectivity index (χ0n) is 31.4. The first-order chi connectivity index (χ1) is 26.3. The van der Waals surface area contributed by atoms with Gasteiger partial charge in [0.2, 0.25) is 0 Å². The molecule has 7 aromatic carbocycles. The average molecular weight is 702 g/mol. The van der Waals surface area contributed by atoms with E-state index in [1.807, 2.05) is 0 Å². The Kier molecular flexibility index (Phi) is 6.60. The van der Waals surface area contributed by atoms with Crippen LogP contribution in [0.3, 0.4) is 0 Å². The van der Waals surface area contributed by atoms with Crippen molar-refractivity contribution in [3.05, 3.63) is 172 Å². The first-order valence-corrected chi connectivity index (χ1v) is 19.5. The highest BCUT2D eigenvalue weighted by atomic mass is 16.5. The van der Waals surface area contributed by atoms with Gasteiger partial charge in [0.05, 0.1) is 13.2 Å². The maximum atomic E-state index is 7.76. The Hall–Kier alpha value is -5.64. The molecule has 1 unspecified atom stereocenters. The highest BCUT2D eigenvalue weighted by Crippen LogP contribution is 2.59. The summed E-state index contributed by atoms with van der Waals surface area (Å²) in [7, 11) is 0. The van der Waals surface area contributed by atoms with E-state index in [0.29, 0.717) is 0 Å². The van der Waals surface area contributed by atoms with Gasteiger partial charge in [0.1, 0.15) is 5.75 Å². The van der Waals surface area contributed by atoms with E-state index in [1.165, 1.54) is 71.9 Å². The largest absolute Gasteiger partial charge is 0.472 e. The molecule has 4 aliphatic rings. The number of hydrogen-bond acceptors (Lipinski definition) is 3. The number of ether oxygens (including phenoxy) is 2. The van der Waals surface area contributed by atoms with Gasteiger partial charge in [-0.05, 0) is 84.9 Å². The van der Waals surface area contributed by atoms with Crippen molar-refractivity contribution in [3.8, 4) is 28.0 Å². The SMILES string of the molecule is CC1(C)c2ccccc2-c2c1c1c(c3ccccc23)OC(c2ccc(N3CCOCC3)cc2)(c2ccc3c(c2)C(C)(C)c2c-3ccc3ccccc23)C=C1. The summed E-state index contributed by atoms with van der Waals surface area (Å²) in [6, 6.07) is 47.5. The van der Waals surface area contributed by atoms with Gasteiger partial charge in [-0.25, -0.2) is 0 Å². The van der Waals surface area contributed by atoms with E-state index in [4.69, 9.17) is 9.47 Å². The number of benzene rings is 7. The second kappa shape index (κ2) is 11.2. The Morgan fingerprint density at radius 3 is 2.04 bits per heavy atom. The van der Waals surface area contributed by atoms with Crippen molar-refractivity contribution in [1.29, 1.82) is 0 Å². The molecule has 2 aliphatic carbocycles. The maximum absolute atomic E-state index is 7.76. The van der Waals surface area contributed by atoms with Gasteiger partial charge in [0.15, 0.2) is 5.60 Å². The predicted molar refractivity (Wildman–Crippen MR) is 223 cm³/mol. The normalized spacial score (nSPS) is 19.9. The molecule has 11 rings (SSSR count). The van der Waals surface area contributed by atoms with E-state index in [-0.39, 0.29) is 10.8 Å². The first kappa shape index (κ1) is 31.8. The number of rotatable bonds is 3. The number of fused-ring (bicyclic) bond motifs is 13. The van der Waals surface area contributed by atoms with Crippen LogP contribution in [0.2, 0.25) is 0 Å². The molecule has 2 aliphatic heterocycles. The molecular weight excluding hydrogens is 659 g/mol. The summed E-state index contributed by atoms with van der Waals surface area (Å²) in [5, 5.41) is 5.01. The van der Waals surface area contributed by atoms with Crippen LogP contribution in [0.25, 0.3) is 49.9 Å². The fourth-order valence-corrected chi connectivity index (χ4v) is 10.5. The van der Waals surface area contributed by atoms with Gasteiger partial charge >= 0.3 is 0 Å². The molecule has 2 heterocycles. The molecule has 1 atom stereocenters. The van der Waals surface area contributed by atoms with Gasteiger partial charge in [0.25, 0.3) is 0 Å². The summed E-state index contributed by atoms with van der Waals surface area (Å²) in [6.45, 7) is 12.8. The third-order valence-electron chi connectivity index (χ3n) is 13.1. The fraction of sp³-hybridized carbons (Fsp3) is 0.216. The molecule has 0 aromatic heterocycles. The van der Waals surface area contributed by atoms with Crippen LogP contribution in [0.1, 0.15) is 66.6 Å². The van der Waals surface area contributed by atoms with Crippen molar-refractivity contribution in [2.75, 3.05) is 31.2 Å². The zero-order valence-corrected chi connectivity index (χ0v) is 31.4. The van der Waals surface area contributed by atoms with Crippen molar-refractivity contribution >= 4 is 33.3 Å². The molecule has 0 radical (unpaired) electrons. The molecule has 0 saturated carbocycles. The highest BCUT2D eigenvalue weighted by Gasteiger charge is 2.45. The average Bonchev–Trinajstić information content (AvgIpc) is 3.61. The van der Waals surface area contributed by atoms with Crippen LogP contribution in [-0.4, -0.2) is 26.3 Å². The smallest absolute Gasteiger partial charge is 0.178 e. The summed E-state index contributed by atoms with van der Waals surface area (Å²) >= 11 is 0. The minimum absolute atomic E-state index is 0.181. The Labute approximate surface area is 317 Å². The molecule has 3 heteroatoms. The lowest BCUT2D eigenvalue weighted by atomic mass is 9.75. The van der Waals surface area contributed by atoms with E-state index in [0.717, 1.165) is 48.6 Å². The number of nitrogens with zero attached hydrogens (tertiary/aromatic N) is 1. The molecule has 0 amide bonds. The molecular formula is C51H43NO2. The summed E-state index contributed by atoms with van der Waals surface area (Å²) in [5.41, 5.74) is 14.2. The lowest BCUT2D eigenvalue weighted by molar-refractivity contribution is 0.122. The predicted octanol–water partition coefficient (Wildman–Crippen LogP) is 11.8. The van der Waals surface area contributed by atoms with Crippen molar-refractivity contribution in [1.82, 2.24) is 0 Å². The van der Waals surface area contributed by atoms with Crippen LogP contribution >= 0.6 is 0 Å². The Balaban J connectivity index is 1.14. The first-order valence-electron chi connectivity index (χ1n) is 19.5. The van der Waals surface area contributed by atoms with E-state index in [1.54, 1.807) is 0 Å². The third-order valence-corrected chi connectivity index (χ3v) is 13.1. The van der Waals surface area contributed by atoms with Gasteiger partial charge in [-0.15, -0.1) is 0 Å².